The number of halogens is 1. The lowest BCUT2D eigenvalue weighted by atomic mass is 10.1. The summed E-state index contributed by atoms with van der Waals surface area (Å²) in [6.07, 6.45) is 2.33. The Kier molecular flexibility index (Phi) is 2.26. The van der Waals surface area contributed by atoms with Crippen molar-refractivity contribution >= 4 is 16.6 Å². The third kappa shape index (κ3) is 1.65. The van der Waals surface area contributed by atoms with Gasteiger partial charge in [-0.2, -0.15) is 0 Å². The average molecular weight is 231 g/mol. The molecule has 3 rings (SSSR count). The van der Waals surface area contributed by atoms with Crippen molar-refractivity contribution in [2.24, 2.45) is 5.84 Å². The molecular formula is C13H14FN3. The summed E-state index contributed by atoms with van der Waals surface area (Å²) < 4.78 is 13.5. The second-order valence-corrected chi connectivity index (χ2v) is 4.58. The number of aromatic nitrogens is 1. The number of anilines is 1. The Hall–Kier alpha value is -1.68. The Balaban J connectivity index is 2.32. The molecule has 0 radical (unpaired) electrons. The number of nitrogens with zero attached hydrogens (tertiary/aromatic N) is 1. The number of nitrogen functional groups attached to an aromatic ring is 1. The van der Waals surface area contributed by atoms with Gasteiger partial charge in [-0.3, -0.25) is 10.8 Å². The minimum absolute atomic E-state index is 0.221. The van der Waals surface area contributed by atoms with Gasteiger partial charge in [0.05, 0.1) is 11.2 Å². The predicted octanol–water partition coefficient (Wildman–Crippen LogP) is 2.85. The van der Waals surface area contributed by atoms with E-state index in [0.717, 1.165) is 29.6 Å². The zero-order chi connectivity index (χ0) is 12.0. The maximum Gasteiger partial charge on any atom is 0.128 e. The topological polar surface area (TPSA) is 50.9 Å². The average Bonchev–Trinajstić information content (AvgIpc) is 3.17. The summed E-state index contributed by atoms with van der Waals surface area (Å²) in [4.78, 5) is 4.57. The first-order valence-corrected chi connectivity index (χ1v) is 5.77. The van der Waals surface area contributed by atoms with Gasteiger partial charge in [0, 0.05) is 22.6 Å². The van der Waals surface area contributed by atoms with Crippen molar-refractivity contribution < 1.29 is 4.39 Å². The lowest BCUT2D eigenvalue weighted by molar-refractivity contribution is 0.620. The Bertz CT molecular complexity index is 591. The van der Waals surface area contributed by atoms with Gasteiger partial charge in [-0.25, -0.2) is 4.39 Å². The fourth-order valence-electron chi connectivity index (χ4n) is 2.13. The number of fused-ring (bicyclic) bond motifs is 1. The van der Waals surface area contributed by atoms with E-state index in [4.69, 9.17) is 5.84 Å². The quantitative estimate of drug-likeness (QED) is 0.617. The lowest BCUT2D eigenvalue weighted by Gasteiger charge is -2.10. The fraction of sp³-hybridized carbons (Fsp3) is 0.308. The molecule has 1 aromatic heterocycles. The van der Waals surface area contributed by atoms with Crippen LogP contribution in [0.25, 0.3) is 10.9 Å². The number of hydrazine groups is 1. The summed E-state index contributed by atoms with van der Waals surface area (Å²) in [5, 5.41) is 0.871. The van der Waals surface area contributed by atoms with Crippen molar-refractivity contribution in [3.8, 4) is 0 Å². The molecule has 1 heterocycles. The minimum Gasteiger partial charge on any atom is -0.323 e. The van der Waals surface area contributed by atoms with Crippen LogP contribution in [0.3, 0.4) is 0 Å². The molecule has 2 aromatic rings. The highest BCUT2D eigenvalue weighted by Gasteiger charge is 2.26. The SMILES string of the molecule is Cc1c(F)ccc2c(NN)cc(C3CC3)nc12. The van der Waals surface area contributed by atoms with E-state index in [-0.39, 0.29) is 5.82 Å². The third-order valence-corrected chi connectivity index (χ3v) is 3.34. The van der Waals surface area contributed by atoms with Gasteiger partial charge in [-0.1, -0.05) is 0 Å². The van der Waals surface area contributed by atoms with Crippen LogP contribution in [0.1, 0.15) is 30.0 Å². The van der Waals surface area contributed by atoms with E-state index in [9.17, 15) is 4.39 Å². The normalized spacial score (nSPS) is 15.2. The molecule has 0 spiro atoms. The molecule has 0 atom stereocenters. The van der Waals surface area contributed by atoms with Gasteiger partial charge in [-0.05, 0) is 38.0 Å². The number of nitrogens with one attached hydrogen (secondary N) is 1. The number of aryl methyl sites for hydroxylation is 1. The maximum absolute atomic E-state index is 13.5. The zero-order valence-corrected chi connectivity index (χ0v) is 9.63. The summed E-state index contributed by atoms with van der Waals surface area (Å²) >= 11 is 0. The summed E-state index contributed by atoms with van der Waals surface area (Å²) in [6, 6.07) is 5.14. The van der Waals surface area contributed by atoms with E-state index in [1.54, 1.807) is 13.0 Å². The van der Waals surface area contributed by atoms with Crippen molar-refractivity contribution in [1.82, 2.24) is 4.98 Å². The summed E-state index contributed by atoms with van der Waals surface area (Å²) in [6.45, 7) is 1.75. The van der Waals surface area contributed by atoms with E-state index in [2.05, 4.69) is 10.4 Å². The van der Waals surface area contributed by atoms with E-state index in [1.807, 2.05) is 6.07 Å². The van der Waals surface area contributed by atoms with Crippen LogP contribution in [0.2, 0.25) is 0 Å². The number of pyridine rings is 1. The maximum atomic E-state index is 13.5. The van der Waals surface area contributed by atoms with Gasteiger partial charge in [0.2, 0.25) is 0 Å². The van der Waals surface area contributed by atoms with Crippen LogP contribution in [0, 0.1) is 12.7 Å². The third-order valence-electron chi connectivity index (χ3n) is 3.34. The Labute approximate surface area is 98.8 Å². The van der Waals surface area contributed by atoms with E-state index in [0.29, 0.717) is 17.0 Å². The summed E-state index contributed by atoms with van der Waals surface area (Å²) in [5.41, 5.74) is 5.81. The first-order valence-electron chi connectivity index (χ1n) is 5.77. The Morgan fingerprint density at radius 2 is 2.18 bits per heavy atom. The second kappa shape index (κ2) is 3.67. The molecule has 0 amide bonds. The molecule has 3 nitrogen and oxygen atoms in total. The standard InChI is InChI=1S/C13H14FN3/c1-7-10(14)5-4-9-12(17-15)6-11(8-2-3-8)16-13(7)9/h4-6,8H,2-3,15H2,1H3,(H,16,17). The van der Waals surface area contributed by atoms with Gasteiger partial charge in [0.25, 0.3) is 0 Å². The lowest BCUT2D eigenvalue weighted by Crippen LogP contribution is -2.08. The molecule has 3 N–H and O–H groups in total. The van der Waals surface area contributed by atoms with Crippen LogP contribution < -0.4 is 11.3 Å². The van der Waals surface area contributed by atoms with Gasteiger partial charge < -0.3 is 5.43 Å². The molecule has 0 unspecified atom stereocenters. The molecule has 17 heavy (non-hydrogen) atoms. The number of rotatable bonds is 2. The largest absolute Gasteiger partial charge is 0.323 e. The van der Waals surface area contributed by atoms with Crippen LogP contribution in [0.15, 0.2) is 18.2 Å². The molecular weight excluding hydrogens is 217 g/mol. The summed E-state index contributed by atoms with van der Waals surface area (Å²) in [7, 11) is 0. The highest BCUT2D eigenvalue weighted by molar-refractivity contribution is 5.93. The molecule has 4 heteroatoms. The predicted molar refractivity (Wildman–Crippen MR) is 66.2 cm³/mol. The van der Waals surface area contributed by atoms with Gasteiger partial charge in [0.1, 0.15) is 5.82 Å². The number of hydrogen-bond acceptors (Lipinski definition) is 3. The van der Waals surface area contributed by atoms with Crippen molar-refractivity contribution in [2.45, 2.75) is 25.7 Å². The highest BCUT2D eigenvalue weighted by atomic mass is 19.1. The van der Waals surface area contributed by atoms with Crippen molar-refractivity contribution in [3.63, 3.8) is 0 Å². The fourth-order valence-corrected chi connectivity index (χ4v) is 2.13. The second-order valence-electron chi connectivity index (χ2n) is 4.58. The minimum atomic E-state index is -0.221. The van der Waals surface area contributed by atoms with Crippen LogP contribution in [-0.4, -0.2) is 4.98 Å². The van der Waals surface area contributed by atoms with E-state index in [1.165, 1.54) is 6.07 Å². The zero-order valence-electron chi connectivity index (χ0n) is 9.63. The van der Waals surface area contributed by atoms with Crippen molar-refractivity contribution in [2.75, 3.05) is 5.43 Å². The number of nitrogens with two attached hydrogens (primary N) is 1. The first-order chi connectivity index (χ1) is 8.20. The van der Waals surface area contributed by atoms with Crippen molar-refractivity contribution in [3.05, 3.63) is 35.3 Å². The molecule has 1 fully saturated rings. The monoisotopic (exact) mass is 231 g/mol. The first kappa shape index (κ1) is 10.5. The molecule has 0 bridgehead atoms. The molecule has 88 valence electrons. The molecule has 1 saturated carbocycles. The molecule has 1 aliphatic carbocycles. The Morgan fingerprint density at radius 3 is 2.82 bits per heavy atom. The summed E-state index contributed by atoms with van der Waals surface area (Å²) in [5.74, 6) is 5.82. The van der Waals surface area contributed by atoms with Gasteiger partial charge in [0.15, 0.2) is 0 Å². The molecule has 0 saturated heterocycles. The molecule has 0 aliphatic heterocycles. The van der Waals surface area contributed by atoms with Crippen LogP contribution in [-0.2, 0) is 0 Å². The van der Waals surface area contributed by atoms with E-state index >= 15 is 0 Å². The van der Waals surface area contributed by atoms with E-state index < -0.39 is 0 Å². The Morgan fingerprint density at radius 1 is 1.41 bits per heavy atom. The number of benzene rings is 1. The smallest absolute Gasteiger partial charge is 0.128 e. The van der Waals surface area contributed by atoms with Gasteiger partial charge >= 0.3 is 0 Å². The van der Waals surface area contributed by atoms with Gasteiger partial charge in [-0.15, -0.1) is 0 Å². The van der Waals surface area contributed by atoms with Crippen LogP contribution >= 0.6 is 0 Å². The molecule has 1 aliphatic rings. The number of hydrogen-bond donors (Lipinski definition) is 2. The van der Waals surface area contributed by atoms with Crippen LogP contribution in [0.4, 0.5) is 10.1 Å². The molecule has 1 aromatic carbocycles. The van der Waals surface area contributed by atoms with Crippen LogP contribution in [0.5, 0.6) is 0 Å². The highest BCUT2D eigenvalue weighted by Crippen LogP contribution is 2.41. The van der Waals surface area contributed by atoms with Crippen molar-refractivity contribution in [1.29, 1.82) is 0 Å².